The predicted molar refractivity (Wildman–Crippen MR) is 171 cm³/mol. The zero-order valence-electron chi connectivity index (χ0n) is 26.3. The van der Waals surface area contributed by atoms with Crippen molar-refractivity contribution < 1.29 is 18.7 Å². The van der Waals surface area contributed by atoms with Gasteiger partial charge in [0, 0.05) is 36.5 Å². The van der Waals surface area contributed by atoms with Crippen molar-refractivity contribution in [1.82, 2.24) is 35.1 Å². The Kier molecular flexibility index (Phi) is 7.75. The Bertz CT molecular complexity index is 1770. The van der Waals surface area contributed by atoms with Gasteiger partial charge in [-0.25, -0.2) is 14.4 Å². The number of piperidine rings is 1. The molecule has 4 aromatic rings. The van der Waals surface area contributed by atoms with Crippen molar-refractivity contribution in [3.8, 4) is 17.3 Å². The average Bonchev–Trinajstić information content (AvgIpc) is 3.65. The van der Waals surface area contributed by atoms with E-state index >= 15 is 0 Å². The Balaban J connectivity index is 1.27. The van der Waals surface area contributed by atoms with Gasteiger partial charge in [-0.2, -0.15) is 0 Å². The molecule has 0 radical (unpaired) electrons. The predicted octanol–water partition coefficient (Wildman–Crippen LogP) is 4.95. The van der Waals surface area contributed by atoms with Gasteiger partial charge in [0.25, 0.3) is 5.91 Å². The number of aryl methyl sites for hydroxylation is 2. The van der Waals surface area contributed by atoms with Crippen LogP contribution in [0.5, 0.6) is 5.75 Å². The summed E-state index contributed by atoms with van der Waals surface area (Å²) in [7, 11) is 3.53. The van der Waals surface area contributed by atoms with Crippen LogP contribution in [0.1, 0.15) is 80.4 Å². The van der Waals surface area contributed by atoms with E-state index in [4.69, 9.17) is 14.7 Å². The molecule has 0 unspecified atom stereocenters. The topological polar surface area (TPSA) is 115 Å². The Hall–Kier alpha value is -3.99. The maximum Gasteiger partial charge on any atom is 0.251 e. The Morgan fingerprint density at radius 2 is 1.93 bits per heavy atom. The minimum Gasteiger partial charge on any atom is -0.494 e. The van der Waals surface area contributed by atoms with Crippen LogP contribution in [-0.4, -0.2) is 63.3 Å². The molecule has 3 N–H and O–H groups in total. The van der Waals surface area contributed by atoms with Crippen molar-refractivity contribution in [3.63, 3.8) is 0 Å². The van der Waals surface area contributed by atoms with Crippen LogP contribution in [0, 0.1) is 5.41 Å². The molecule has 1 saturated carbocycles. The minimum absolute atomic E-state index is 0.159. The fraction of sp³-hybridized carbons (Fsp3) is 0.529. The van der Waals surface area contributed by atoms with E-state index in [-0.39, 0.29) is 23.3 Å². The van der Waals surface area contributed by atoms with Crippen molar-refractivity contribution >= 4 is 33.9 Å². The fourth-order valence-corrected chi connectivity index (χ4v) is 7.09. The van der Waals surface area contributed by atoms with Crippen molar-refractivity contribution in [2.45, 2.75) is 83.1 Å². The summed E-state index contributed by atoms with van der Waals surface area (Å²) in [5, 5.41) is 10.2. The molecular weight excluding hydrogens is 573 g/mol. The third-order valence-corrected chi connectivity index (χ3v) is 10.0. The highest BCUT2D eigenvalue weighted by Crippen LogP contribution is 2.50. The molecule has 1 aromatic carbocycles. The highest BCUT2D eigenvalue weighted by atomic mass is 19.1. The number of methoxy groups -OCH3 is 1. The number of carbonyl (C=O) groups is 2. The molecule has 2 bridgehead atoms. The van der Waals surface area contributed by atoms with Gasteiger partial charge >= 0.3 is 0 Å². The van der Waals surface area contributed by atoms with Crippen LogP contribution in [0.3, 0.4) is 0 Å². The van der Waals surface area contributed by atoms with E-state index < -0.39 is 12.2 Å². The maximum absolute atomic E-state index is 14.5. The number of fused-ring (bicyclic) bond motifs is 2. The van der Waals surface area contributed by atoms with E-state index in [9.17, 15) is 14.0 Å². The van der Waals surface area contributed by atoms with Crippen LogP contribution in [0.15, 0.2) is 30.3 Å². The van der Waals surface area contributed by atoms with Crippen LogP contribution in [0.2, 0.25) is 0 Å². The molecule has 3 aliphatic rings. The van der Waals surface area contributed by atoms with Gasteiger partial charge in [0.1, 0.15) is 23.1 Å². The first-order chi connectivity index (χ1) is 21.8. The van der Waals surface area contributed by atoms with Gasteiger partial charge in [-0.3, -0.25) is 9.59 Å². The summed E-state index contributed by atoms with van der Waals surface area (Å²) in [6.07, 6.45) is 6.40. The number of amides is 2. The second-order valence-corrected chi connectivity index (χ2v) is 13.1. The Labute approximate surface area is 262 Å². The monoisotopic (exact) mass is 615 g/mol. The Morgan fingerprint density at radius 3 is 2.71 bits per heavy atom. The lowest BCUT2D eigenvalue weighted by Gasteiger charge is -2.27. The summed E-state index contributed by atoms with van der Waals surface area (Å²) in [6.45, 7) is 3.79. The molecule has 10 nitrogen and oxygen atoms in total. The quantitative estimate of drug-likeness (QED) is 0.299. The summed E-state index contributed by atoms with van der Waals surface area (Å²) in [5.41, 5.74) is 4.21. The molecule has 7 rings (SSSR count). The van der Waals surface area contributed by atoms with Crippen molar-refractivity contribution in [1.29, 1.82) is 0 Å². The maximum atomic E-state index is 14.5. The lowest BCUT2D eigenvalue weighted by Crippen LogP contribution is -2.52. The number of nitrogens with zero attached hydrogens (tertiary/aromatic N) is 4. The van der Waals surface area contributed by atoms with Crippen molar-refractivity contribution in [3.05, 3.63) is 41.6 Å². The standard InChI is InChI=1S/C34H42FN7O3/c1-20-24-9-8-21-17-27(42(30(21)38-24)15-7-5-4-6-11-34(12-13-34)33(44)37-20)31-39-25-16-22(18-28(45-3)29(25)41(31)2)32(43)40-26-19-36-14-10-23(26)35/h8-9,16-18,20,23,26,36H,4-7,10-15,19H2,1-3H3,(H,37,44)(H,40,43)/t20-,23+,26+/m1/s1. The van der Waals surface area contributed by atoms with E-state index in [0.29, 0.717) is 36.3 Å². The van der Waals surface area contributed by atoms with Crippen molar-refractivity contribution in [2.24, 2.45) is 12.5 Å². The van der Waals surface area contributed by atoms with Crippen molar-refractivity contribution in [2.75, 3.05) is 20.2 Å². The van der Waals surface area contributed by atoms with Gasteiger partial charge in [-0.05, 0) is 75.9 Å². The summed E-state index contributed by atoms with van der Waals surface area (Å²) in [4.78, 5) is 36.5. The summed E-state index contributed by atoms with van der Waals surface area (Å²) in [5.74, 6) is 1.06. The highest BCUT2D eigenvalue weighted by molar-refractivity contribution is 6.00. The van der Waals surface area contributed by atoms with E-state index in [1.54, 1.807) is 19.2 Å². The van der Waals surface area contributed by atoms with Crippen LogP contribution in [0.4, 0.5) is 4.39 Å². The second kappa shape index (κ2) is 11.7. The van der Waals surface area contributed by atoms with E-state index in [2.05, 4.69) is 32.7 Å². The number of imidazole rings is 1. The molecule has 2 aliphatic heterocycles. The molecule has 1 aliphatic carbocycles. The summed E-state index contributed by atoms with van der Waals surface area (Å²) < 4.78 is 24.5. The molecule has 2 fully saturated rings. The molecule has 45 heavy (non-hydrogen) atoms. The van der Waals surface area contributed by atoms with E-state index in [1.807, 2.05) is 24.6 Å². The van der Waals surface area contributed by atoms with Gasteiger partial charge in [0.2, 0.25) is 5.91 Å². The summed E-state index contributed by atoms with van der Waals surface area (Å²) >= 11 is 0. The number of alkyl halides is 1. The molecular formula is C34H42FN7O3. The SMILES string of the molecule is COc1cc(C(=O)N[C@H]2CNCC[C@@H]2F)cc2nc(-c3cc4ccc5nc4n3CCCCCCC3(CC3)C(=O)N[C@@H]5C)n(C)c12. The van der Waals surface area contributed by atoms with Gasteiger partial charge in [-0.1, -0.05) is 19.3 Å². The first-order valence-electron chi connectivity index (χ1n) is 16.3. The number of rotatable bonds is 4. The van der Waals surface area contributed by atoms with Crippen LogP contribution >= 0.6 is 0 Å². The number of aromatic nitrogens is 4. The molecule has 1 spiro atoms. The third kappa shape index (κ3) is 5.45. The van der Waals surface area contributed by atoms with Gasteiger partial charge in [0.15, 0.2) is 5.82 Å². The third-order valence-electron chi connectivity index (χ3n) is 10.0. The average molecular weight is 616 g/mol. The zero-order chi connectivity index (χ0) is 31.3. The number of nitrogens with one attached hydrogen (secondary N) is 3. The number of benzene rings is 1. The first-order valence-corrected chi connectivity index (χ1v) is 16.3. The normalized spacial score (nSPS) is 23.6. The highest BCUT2D eigenvalue weighted by Gasteiger charge is 2.49. The molecule has 238 valence electrons. The lowest BCUT2D eigenvalue weighted by molar-refractivity contribution is -0.127. The molecule has 3 aromatic heterocycles. The first kappa shape index (κ1) is 29.7. The number of carbonyl (C=O) groups excluding carboxylic acids is 2. The number of halogens is 1. The van der Waals surface area contributed by atoms with E-state index in [0.717, 1.165) is 85.3 Å². The van der Waals surface area contributed by atoms with Crippen LogP contribution in [-0.2, 0) is 18.4 Å². The Morgan fingerprint density at radius 1 is 1.11 bits per heavy atom. The molecule has 1 saturated heterocycles. The lowest BCUT2D eigenvalue weighted by atomic mass is 9.96. The number of pyridine rings is 1. The fourth-order valence-electron chi connectivity index (χ4n) is 7.09. The largest absolute Gasteiger partial charge is 0.494 e. The van der Waals surface area contributed by atoms with E-state index in [1.165, 1.54) is 0 Å². The summed E-state index contributed by atoms with van der Waals surface area (Å²) in [6, 6.07) is 8.85. The second-order valence-electron chi connectivity index (χ2n) is 13.1. The number of ether oxygens (including phenoxy) is 1. The molecule has 2 amide bonds. The zero-order valence-corrected chi connectivity index (χ0v) is 26.3. The molecule has 5 heterocycles. The van der Waals surface area contributed by atoms with Crippen LogP contribution < -0.4 is 20.7 Å². The molecule has 3 atom stereocenters. The minimum atomic E-state index is -1.09. The van der Waals surface area contributed by atoms with Gasteiger partial charge < -0.3 is 29.8 Å². The number of hydrogen-bond acceptors (Lipinski definition) is 6. The molecule has 11 heteroatoms. The van der Waals surface area contributed by atoms with Gasteiger partial charge in [0.05, 0.1) is 36.1 Å². The smallest absolute Gasteiger partial charge is 0.251 e. The van der Waals surface area contributed by atoms with Gasteiger partial charge in [-0.15, -0.1) is 0 Å². The van der Waals surface area contributed by atoms with Crippen LogP contribution in [0.25, 0.3) is 33.6 Å². The number of hydrogen-bond donors (Lipinski definition) is 3.